The van der Waals surface area contributed by atoms with E-state index < -0.39 is 24.0 Å². The second-order valence-corrected chi connectivity index (χ2v) is 9.63. The lowest BCUT2D eigenvalue weighted by Crippen LogP contribution is -2.44. The summed E-state index contributed by atoms with van der Waals surface area (Å²) in [5, 5.41) is 6.43. The van der Waals surface area contributed by atoms with Gasteiger partial charge in [-0.15, -0.1) is 0 Å². The second kappa shape index (κ2) is 10.6. The summed E-state index contributed by atoms with van der Waals surface area (Å²) >= 11 is 3.18. The van der Waals surface area contributed by atoms with Gasteiger partial charge in [0.15, 0.2) is 11.6 Å². The van der Waals surface area contributed by atoms with E-state index in [1.165, 1.54) is 30.5 Å². The molecule has 2 unspecified atom stereocenters. The summed E-state index contributed by atoms with van der Waals surface area (Å²) in [7, 11) is 0. The molecule has 5 rings (SSSR count). The summed E-state index contributed by atoms with van der Waals surface area (Å²) in [6.07, 6.45) is 7.64. The van der Waals surface area contributed by atoms with Crippen molar-refractivity contribution in [2.75, 3.05) is 17.2 Å². The average Bonchev–Trinajstić information content (AvgIpc) is 3.45. The molecule has 3 aromatic heterocycles. The van der Waals surface area contributed by atoms with E-state index in [0.717, 1.165) is 0 Å². The molecular weight excluding hydrogens is 559 g/mol. The molecule has 13 heteroatoms. The molecule has 4 aromatic rings. The number of amides is 2. The molecule has 194 valence electrons. The Kier molecular flexibility index (Phi) is 7.09. The number of rotatable bonds is 7. The third-order valence-electron chi connectivity index (χ3n) is 6.14. The third kappa shape index (κ3) is 5.37. The SMILES string of the molecule is CC(=O)c1cn(CC(=O)N2CC(F)CC2C(=O)Nc2cncc(Br)n2)c2ccc(Nc3cncnc3)cc12. The lowest BCUT2D eigenvalue weighted by molar-refractivity contribution is -0.137. The Hall–Kier alpha value is -4.26. The number of carbonyl (C=O) groups excluding carboxylic acids is 3. The number of halogens is 2. The number of nitrogens with one attached hydrogen (secondary N) is 2. The number of hydrogen-bond acceptors (Lipinski definition) is 8. The minimum atomic E-state index is -1.34. The van der Waals surface area contributed by atoms with Crippen LogP contribution in [0.2, 0.25) is 0 Å². The van der Waals surface area contributed by atoms with Gasteiger partial charge in [-0.05, 0) is 41.1 Å². The summed E-state index contributed by atoms with van der Waals surface area (Å²) in [6.45, 7) is 1.08. The van der Waals surface area contributed by atoms with Crippen molar-refractivity contribution in [3.05, 3.63) is 65.7 Å². The molecule has 0 spiro atoms. The molecule has 0 radical (unpaired) electrons. The summed E-state index contributed by atoms with van der Waals surface area (Å²) in [5.41, 5.74) is 2.48. The third-order valence-corrected chi connectivity index (χ3v) is 6.53. The Morgan fingerprint density at radius 2 is 1.89 bits per heavy atom. The fraction of sp³-hybridized carbons (Fsp3) is 0.240. The molecule has 1 aliphatic heterocycles. The highest BCUT2D eigenvalue weighted by atomic mass is 79.9. The molecule has 1 aromatic carbocycles. The summed E-state index contributed by atoms with van der Waals surface area (Å²) in [5.74, 6) is -0.971. The number of nitrogens with zero attached hydrogens (tertiary/aromatic N) is 6. The van der Waals surface area contributed by atoms with Gasteiger partial charge in [0.25, 0.3) is 0 Å². The number of Topliss-reactive ketones (excluding diaryl/α,β-unsaturated/α-hetero) is 1. The lowest BCUT2D eigenvalue weighted by atomic mass is 10.1. The van der Waals surface area contributed by atoms with Crippen LogP contribution in [0.5, 0.6) is 0 Å². The molecule has 1 saturated heterocycles. The number of aromatic nitrogens is 5. The normalized spacial score (nSPS) is 17.0. The number of hydrogen-bond donors (Lipinski definition) is 2. The van der Waals surface area contributed by atoms with Crippen molar-refractivity contribution in [1.82, 2.24) is 29.4 Å². The Morgan fingerprint density at radius 3 is 2.63 bits per heavy atom. The molecular formula is C25H22BrFN8O3. The number of carbonyl (C=O) groups is 3. The van der Waals surface area contributed by atoms with Crippen LogP contribution in [0, 0.1) is 0 Å². The van der Waals surface area contributed by atoms with Crippen LogP contribution in [0.4, 0.5) is 21.6 Å². The van der Waals surface area contributed by atoms with Gasteiger partial charge in [0, 0.05) is 34.8 Å². The zero-order chi connectivity index (χ0) is 26.8. The van der Waals surface area contributed by atoms with E-state index in [-0.39, 0.29) is 31.1 Å². The first kappa shape index (κ1) is 25.4. The van der Waals surface area contributed by atoms with Gasteiger partial charge < -0.3 is 20.1 Å². The van der Waals surface area contributed by atoms with Crippen LogP contribution in [0.25, 0.3) is 10.9 Å². The van der Waals surface area contributed by atoms with Crippen LogP contribution in [-0.2, 0) is 16.1 Å². The summed E-state index contributed by atoms with van der Waals surface area (Å²) in [4.78, 5) is 55.9. The number of benzene rings is 1. The van der Waals surface area contributed by atoms with E-state index in [9.17, 15) is 18.8 Å². The molecule has 2 N–H and O–H groups in total. The van der Waals surface area contributed by atoms with Gasteiger partial charge in [-0.3, -0.25) is 19.4 Å². The predicted octanol–water partition coefficient (Wildman–Crippen LogP) is 3.51. The van der Waals surface area contributed by atoms with Crippen LogP contribution in [0.1, 0.15) is 23.7 Å². The van der Waals surface area contributed by atoms with Crippen molar-refractivity contribution in [2.24, 2.45) is 0 Å². The molecule has 2 atom stereocenters. The molecule has 1 fully saturated rings. The van der Waals surface area contributed by atoms with Crippen molar-refractivity contribution in [3.8, 4) is 0 Å². The first-order valence-electron chi connectivity index (χ1n) is 11.7. The standard InChI is InChI=1S/C25H22BrFN8O3/c1-14(36)19-11-34(20-3-2-16(5-18(19)20)31-17-6-29-13-30-7-17)12-24(37)35-10-15(27)4-21(35)25(38)33-23-9-28-8-22(26)32-23/h2-3,5-9,11,13,15,21,31H,4,10,12H2,1H3,(H,32,33,38). The maximum Gasteiger partial charge on any atom is 0.248 e. The van der Waals surface area contributed by atoms with Crippen LogP contribution in [0.15, 0.2) is 60.1 Å². The number of anilines is 3. The number of alkyl halides is 1. The van der Waals surface area contributed by atoms with Gasteiger partial charge in [-0.1, -0.05) is 0 Å². The number of likely N-dealkylation sites (tertiary alicyclic amines) is 1. The van der Waals surface area contributed by atoms with E-state index >= 15 is 0 Å². The molecule has 11 nitrogen and oxygen atoms in total. The van der Waals surface area contributed by atoms with Crippen LogP contribution >= 0.6 is 15.9 Å². The monoisotopic (exact) mass is 580 g/mol. The van der Waals surface area contributed by atoms with Crippen molar-refractivity contribution >= 4 is 61.6 Å². The zero-order valence-electron chi connectivity index (χ0n) is 20.1. The molecule has 2 amide bonds. The van der Waals surface area contributed by atoms with Gasteiger partial charge >= 0.3 is 0 Å². The highest BCUT2D eigenvalue weighted by Crippen LogP contribution is 2.28. The largest absolute Gasteiger partial charge is 0.353 e. The first-order chi connectivity index (χ1) is 18.3. The van der Waals surface area contributed by atoms with Crippen LogP contribution in [-0.4, -0.2) is 65.8 Å². The van der Waals surface area contributed by atoms with Crippen LogP contribution in [0.3, 0.4) is 0 Å². The van der Waals surface area contributed by atoms with Gasteiger partial charge in [0.2, 0.25) is 11.8 Å². The quantitative estimate of drug-likeness (QED) is 0.317. The molecule has 4 heterocycles. The maximum atomic E-state index is 14.4. The molecule has 0 aliphatic carbocycles. The second-order valence-electron chi connectivity index (χ2n) is 8.82. The Morgan fingerprint density at radius 1 is 1.11 bits per heavy atom. The van der Waals surface area contributed by atoms with Gasteiger partial charge in [-0.25, -0.2) is 19.3 Å². The Labute approximate surface area is 224 Å². The zero-order valence-corrected chi connectivity index (χ0v) is 21.7. The predicted molar refractivity (Wildman–Crippen MR) is 141 cm³/mol. The van der Waals surface area contributed by atoms with E-state index in [2.05, 4.69) is 46.5 Å². The van der Waals surface area contributed by atoms with Crippen LogP contribution < -0.4 is 10.6 Å². The summed E-state index contributed by atoms with van der Waals surface area (Å²) < 4.78 is 16.5. The van der Waals surface area contributed by atoms with Crippen molar-refractivity contribution in [3.63, 3.8) is 0 Å². The van der Waals surface area contributed by atoms with Gasteiger partial charge in [0.1, 0.15) is 29.7 Å². The van der Waals surface area contributed by atoms with Gasteiger partial charge in [0.05, 0.1) is 37.0 Å². The Bertz CT molecular complexity index is 1530. The topological polar surface area (TPSA) is 135 Å². The first-order valence-corrected chi connectivity index (χ1v) is 12.5. The van der Waals surface area contributed by atoms with Crippen molar-refractivity contribution < 1.29 is 18.8 Å². The van der Waals surface area contributed by atoms with Gasteiger partial charge in [-0.2, -0.15) is 0 Å². The minimum absolute atomic E-state index is 0.123. The lowest BCUT2D eigenvalue weighted by Gasteiger charge is -2.24. The fourth-order valence-corrected chi connectivity index (χ4v) is 4.78. The van der Waals surface area contributed by atoms with Crippen molar-refractivity contribution in [2.45, 2.75) is 32.1 Å². The molecule has 0 bridgehead atoms. The highest BCUT2D eigenvalue weighted by Gasteiger charge is 2.40. The maximum absolute atomic E-state index is 14.4. The average molecular weight is 581 g/mol. The van der Waals surface area contributed by atoms with Crippen molar-refractivity contribution in [1.29, 1.82) is 0 Å². The highest BCUT2D eigenvalue weighted by molar-refractivity contribution is 9.10. The minimum Gasteiger partial charge on any atom is -0.353 e. The Balaban J connectivity index is 1.38. The van der Waals surface area contributed by atoms with E-state index in [1.807, 2.05) is 12.1 Å². The summed E-state index contributed by atoms with van der Waals surface area (Å²) in [6, 6.07) is 4.40. The van der Waals surface area contributed by atoms with E-state index in [1.54, 1.807) is 29.2 Å². The van der Waals surface area contributed by atoms with E-state index in [0.29, 0.717) is 32.4 Å². The molecule has 0 saturated carbocycles. The molecule has 1 aliphatic rings. The number of fused-ring (bicyclic) bond motifs is 1. The smallest absolute Gasteiger partial charge is 0.248 e. The molecule has 38 heavy (non-hydrogen) atoms. The number of ketones is 1. The van der Waals surface area contributed by atoms with E-state index in [4.69, 9.17) is 0 Å². The fourth-order valence-electron chi connectivity index (χ4n) is 4.47.